The van der Waals surface area contributed by atoms with Crippen molar-refractivity contribution in [3.8, 4) is 0 Å². The summed E-state index contributed by atoms with van der Waals surface area (Å²) in [6.45, 7) is 0.837. The molecule has 3 aliphatic rings. The lowest BCUT2D eigenvalue weighted by atomic mass is 9.84. The average Bonchev–Trinajstić information content (AvgIpc) is 2.94. The highest BCUT2D eigenvalue weighted by Gasteiger charge is 2.48. The van der Waals surface area contributed by atoms with Gasteiger partial charge < -0.3 is 14.3 Å². The van der Waals surface area contributed by atoms with Crippen LogP contribution in [0.2, 0.25) is 0 Å². The largest absolute Gasteiger partial charge is 0.353 e. The quantitative estimate of drug-likeness (QED) is 0.706. The molecule has 0 N–H and O–H groups in total. The van der Waals surface area contributed by atoms with E-state index in [1.54, 1.807) is 0 Å². The van der Waals surface area contributed by atoms with Crippen LogP contribution in [0.1, 0.15) is 44.9 Å². The van der Waals surface area contributed by atoms with Gasteiger partial charge in [0.15, 0.2) is 6.29 Å². The summed E-state index contributed by atoms with van der Waals surface area (Å²) in [7, 11) is 0. The van der Waals surface area contributed by atoms with Gasteiger partial charge in [-0.2, -0.15) is 0 Å². The van der Waals surface area contributed by atoms with Gasteiger partial charge in [0.25, 0.3) is 0 Å². The minimum atomic E-state index is 0.00209. The predicted octanol–water partition coefficient (Wildman–Crippen LogP) is 2.53. The molecule has 17 heavy (non-hydrogen) atoms. The molecular formula is C14H22O3. The van der Waals surface area contributed by atoms with Crippen molar-refractivity contribution in [2.45, 2.75) is 57.3 Å². The molecule has 0 spiro atoms. The van der Waals surface area contributed by atoms with Gasteiger partial charge in [0.1, 0.15) is 6.29 Å². The van der Waals surface area contributed by atoms with Crippen LogP contribution in [-0.2, 0) is 14.3 Å². The van der Waals surface area contributed by atoms with Crippen molar-refractivity contribution in [3.63, 3.8) is 0 Å². The van der Waals surface area contributed by atoms with Crippen molar-refractivity contribution in [1.29, 1.82) is 0 Å². The van der Waals surface area contributed by atoms with E-state index in [-0.39, 0.29) is 6.29 Å². The van der Waals surface area contributed by atoms with Crippen LogP contribution in [0, 0.1) is 17.8 Å². The molecule has 2 saturated carbocycles. The topological polar surface area (TPSA) is 35.5 Å². The number of fused-ring (bicyclic) bond motifs is 2. The van der Waals surface area contributed by atoms with E-state index in [1.807, 2.05) is 0 Å². The van der Waals surface area contributed by atoms with E-state index in [0.717, 1.165) is 31.7 Å². The molecule has 3 heteroatoms. The molecule has 0 aromatic heterocycles. The Morgan fingerprint density at radius 1 is 1.18 bits per heavy atom. The molecule has 2 aliphatic carbocycles. The normalized spacial score (nSPS) is 45.1. The molecule has 0 amide bonds. The fourth-order valence-corrected chi connectivity index (χ4v) is 4.00. The van der Waals surface area contributed by atoms with Crippen molar-refractivity contribution < 1.29 is 14.3 Å². The molecule has 2 bridgehead atoms. The third kappa shape index (κ3) is 2.27. The number of ether oxygens (including phenoxy) is 2. The maximum Gasteiger partial charge on any atom is 0.157 e. The third-order valence-electron chi connectivity index (χ3n) is 4.82. The monoisotopic (exact) mass is 238 g/mol. The lowest BCUT2D eigenvalue weighted by Gasteiger charge is -2.34. The summed E-state index contributed by atoms with van der Waals surface area (Å²) in [6, 6.07) is 0. The Labute approximate surface area is 103 Å². The molecule has 3 fully saturated rings. The summed E-state index contributed by atoms with van der Waals surface area (Å²) in [5.41, 5.74) is 0. The zero-order valence-electron chi connectivity index (χ0n) is 10.3. The first kappa shape index (κ1) is 11.7. The average molecular weight is 238 g/mol. The molecule has 1 heterocycles. The molecule has 1 saturated heterocycles. The fraction of sp³-hybridized carbons (Fsp3) is 0.929. The van der Waals surface area contributed by atoms with Gasteiger partial charge in [0.2, 0.25) is 0 Å². The second kappa shape index (κ2) is 5.07. The van der Waals surface area contributed by atoms with Gasteiger partial charge in [0.05, 0.1) is 6.10 Å². The minimum Gasteiger partial charge on any atom is -0.353 e. The first-order chi connectivity index (χ1) is 8.38. The summed E-state index contributed by atoms with van der Waals surface area (Å²) in [4.78, 5) is 10.8. The van der Waals surface area contributed by atoms with E-state index in [1.165, 1.54) is 25.7 Å². The Hall–Kier alpha value is -0.410. The molecule has 0 aromatic rings. The second-order valence-electron chi connectivity index (χ2n) is 5.80. The zero-order chi connectivity index (χ0) is 11.7. The van der Waals surface area contributed by atoms with E-state index in [9.17, 15) is 4.79 Å². The lowest BCUT2D eigenvalue weighted by Crippen LogP contribution is -2.36. The molecule has 5 atom stereocenters. The highest BCUT2D eigenvalue weighted by Crippen LogP contribution is 2.51. The van der Waals surface area contributed by atoms with Crippen LogP contribution in [0.3, 0.4) is 0 Å². The molecule has 1 aliphatic heterocycles. The maximum atomic E-state index is 10.8. The van der Waals surface area contributed by atoms with Gasteiger partial charge >= 0.3 is 0 Å². The van der Waals surface area contributed by atoms with Crippen LogP contribution in [0.4, 0.5) is 0 Å². The van der Waals surface area contributed by atoms with Crippen molar-refractivity contribution in [2.75, 3.05) is 6.61 Å². The number of hydrogen-bond acceptors (Lipinski definition) is 3. The Kier molecular flexibility index (Phi) is 3.48. The third-order valence-corrected chi connectivity index (χ3v) is 4.82. The first-order valence-corrected chi connectivity index (χ1v) is 7.09. The maximum absolute atomic E-state index is 10.8. The molecule has 0 radical (unpaired) electrons. The standard InChI is InChI=1S/C14H22O3/c15-7-6-12-10-4-5-11(9-10)14(12)17-13-3-1-2-8-16-13/h7,10-14H,1-6,8-9H2/t10-,11+,12-,13?,14+/m1/s1. The summed E-state index contributed by atoms with van der Waals surface area (Å²) >= 11 is 0. The lowest BCUT2D eigenvalue weighted by molar-refractivity contribution is -0.207. The minimum absolute atomic E-state index is 0.00209. The molecule has 0 aromatic carbocycles. The van der Waals surface area contributed by atoms with Gasteiger partial charge in [-0.15, -0.1) is 0 Å². The summed E-state index contributed by atoms with van der Waals surface area (Å²) < 4.78 is 11.8. The van der Waals surface area contributed by atoms with E-state index < -0.39 is 0 Å². The smallest absolute Gasteiger partial charge is 0.157 e. The Morgan fingerprint density at radius 3 is 2.82 bits per heavy atom. The second-order valence-corrected chi connectivity index (χ2v) is 5.80. The molecule has 3 nitrogen and oxygen atoms in total. The van der Waals surface area contributed by atoms with Crippen molar-refractivity contribution >= 4 is 6.29 Å². The molecule has 96 valence electrons. The van der Waals surface area contributed by atoms with E-state index in [0.29, 0.717) is 24.4 Å². The Balaban J connectivity index is 1.61. The number of carbonyl (C=O) groups is 1. The first-order valence-electron chi connectivity index (χ1n) is 7.09. The van der Waals surface area contributed by atoms with Crippen LogP contribution in [0.15, 0.2) is 0 Å². The highest BCUT2D eigenvalue weighted by molar-refractivity contribution is 5.50. The zero-order valence-corrected chi connectivity index (χ0v) is 10.3. The van der Waals surface area contributed by atoms with Crippen LogP contribution in [-0.4, -0.2) is 25.3 Å². The number of rotatable bonds is 4. The van der Waals surface area contributed by atoms with Crippen LogP contribution >= 0.6 is 0 Å². The molecule has 1 unspecified atom stereocenters. The number of aldehydes is 1. The number of carbonyl (C=O) groups excluding carboxylic acids is 1. The van der Waals surface area contributed by atoms with E-state index in [2.05, 4.69) is 0 Å². The SMILES string of the molecule is O=CC[C@@H]1[C@@H]2CC[C@@H](C2)[C@@H]1OC1CCCCO1. The fourth-order valence-electron chi connectivity index (χ4n) is 4.00. The Morgan fingerprint density at radius 2 is 2.06 bits per heavy atom. The van der Waals surface area contributed by atoms with Crippen LogP contribution < -0.4 is 0 Å². The van der Waals surface area contributed by atoms with Gasteiger partial charge in [0, 0.05) is 13.0 Å². The molecular weight excluding hydrogens is 216 g/mol. The van der Waals surface area contributed by atoms with E-state index >= 15 is 0 Å². The van der Waals surface area contributed by atoms with Gasteiger partial charge in [-0.3, -0.25) is 0 Å². The summed E-state index contributed by atoms with van der Waals surface area (Å²) in [6.07, 6.45) is 9.31. The molecule has 3 rings (SSSR count). The van der Waals surface area contributed by atoms with Crippen molar-refractivity contribution in [2.24, 2.45) is 17.8 Å². The van der Waals surface area contributed by atoms with E-state index in [4.69, 9.17) is 9.47 Å². The Bertz CT molecular complexity index is 273. The van der Waals surface area contributed by atoms with Crippen molar-refractivity contribution in [1.82, 2.24) is 0 Å². The van der Waals surface area contributed by atoms with Gasteiger partial charge in [-0.25, -0.2) is 0 Å². The number of hydrogen-bond donors (Lipinski definition) is 0. The van der Waals surface area contributed by atoms with Gasteiger partial charge in [-0.1, -0.05) is 0 Å². The van der Waals surface area contributed by atoms with Gasteiger partial charge in [-0.05, 0) is 56.3 Å². The van der Waals surface area contributed by atoms with Crippen molar-refractivity contribution in [3.05, 3.63) is 0 Å². The summed E-state index contributed by atoms with van der Waals surface area (Å²) in [5.74, 6) is 1.89. The van der Waals surface area contributed by atoms with Crippen LogP contribution in [0.25, 0.3) is 0 Å². The predicted molar refractivity (Wildman–Crippen MR) is 63.5 cm³/mol. The highest BCUT2D eigenvalue weighted by atomic mass is 16.7. The summed E-state index contributed by atoms with van der Waals surface area (Å²) in [5, 5.41) is 0. The van der Waals surface area contributed by atoms with Crippen LogP contribution in [0.5, 0.6) is 0 Å².